The van der Waals surface area contributed by atoms with Crippen LogP contribution in [0.3, 0.4) is 0 Å². The molecule has 180 valence electrons. The van der Waals surface area contributed by atoms with Gasteiger partial charge in [0.1, 0.15) is 11.6 Å². The first-order valence-corrected chi connectivity index (χ1v) is 11.6. The van der Waals surface area contributed by atoms with Crippen molar-refractivity contribution in [3.05, 3.63) is 70.6 Å². The lowest BCUT2D eigenvalue weighted by Crippen LogP contribution is -2.39. The summed E-state index contributed by atoms with van der Waals surface area (Å²) in [6.07, 6.45) is 1.64. The van der Waals surface area contributed by atoms with E-state index in [0.717, 1.165) is 24.3 Å². The van der Waals surface area contributed by atoms with Gasteiger partial charge in [0.2, 0.25) is 0 Å². The number of amides is 3. The van der Waals surface area contributed by atoms with Gasteiger partial charge >= 0.3 is 6.03 Å². The first-order valence-electron chi connectivity index (χ1n) is 11.2. The number of aromatic nitrogens is 2. The summed E-state index contributed by atoms with van der Waals surface area (Å²) in [5, 5.41) is 6.01. The topological polar surface area (TPSA) is 126 Å². The van der Waals surface area contributed by atoms with E-state index < -0.39 is 0 Å². The molecule has 0 spiro atoms. The van der Waals surface area contributed by atoms with Crippen LogP contribution in [0.4, 0.5) is 27.7 Å². The number of halogens is 1. The molecule has 5 rings (SSSR count). The quantitative estimate of drug-likeness (QED) is 0.498. The smallest absolute Gasteiger partial charge is 0.327 e. The Labute approximate surface area is 207 Å². The van der Waals surface area contributed by atoms with Crippen LogP contribution in [0.25, 0.3) is 0 Å². The highest BCUT2D eigenvalue weighted by Gasteiger charge is 2.27. The number of fused-ring (bicyclic) bond motifs is 1. The van der Waals surface area contributed by atoms with E-state index >= 15 is 0 Å². The van der Waals surface area contributed by atoms with Crippen LogP contribution in [0.5, 0.6) is 0 Å². The maximum absolute atomic E-state index is 12.9. The second-order valence-corrected chi connectivity index (χ2v) is 8.55. The highest BCUT2D eigenvalue weighted by molar-refractivity contribution is 6.34. The molecule has 10 nitrogen and oxygen atoms in total. The van der Waals surface area contributed by atoms with Gasteiger partial charge in [-0.3, -0.25) is 15.0 Å². The Balaban J connectivity index is 1.32. The first kappa shape index (κ1) is 23.0. The average Bonchev–Trinajstić information content (AvgIpc) is 2.89. The Bertz CT molecular complexity index is 1260. The fourth-order valence-electron chi connectivity index (χ4n) is 4.02. The minimum atomic E-state index is -0.386. The van der Waals surface area contributed by atoms with Gasteiger partial charge in [-0.15, -0.1) is 0 Å². The zero-order valence-corrected chi connectivity index (χ0v) is 19.6. The van der Waals surface area contributed by atoms with Crippen molar-refractivity contribution < 1.29 is 14.3 Å². The van der Waals surface area contributed by atoms with E-state index in [0.29, 0.717) is 46.8 Å². The summed E-state index contributed by atoms with van der Waals surface area (Å²) >= 11 is 6.42. The number of carbonyl (C=O) groups excluding carboxylic acids is 2. The van der Waals surface area contributed by atoms with Crippen LogP contribution in [-0.2, 0) is 17.8 Å². The van der Waals surface area contributed by atoms with Crippen LogP contribution >= 0.6 is 11.6 Å². The predicted octanol–water partition coefficient (Wildman–Crippen LogP) is 3.23. The van der Waals surface area contributed by atoms with E-state index in [9.17, 15) is 9.59 Å². The van der Waals surface area contributed by atoms with E-state index in [1.807, 2.05) is 12.1 Å². The highest BCUT2D eigenvalue weighted by atomic mass is 35.5. The number of hydrogen-bond donors (Lipinski definition) is 3. The summed E-state index contributed by atoms with van der Waals surface area (Å²) in [4.78, 5) is 37.8. The van der Waals surface area contributed by atoms with Gasteiger partial charge in [0.25, 0.3) is 5.91 Å². The SMILES string of the molecule is NCc1ncc2c(n1)NC(=O)N(c1cc(NC(=O)c3ccc(N4CCOCC4)cc3)ccc1Cl)C2. The first-order chi connectivity index (χ1) is 17.0. The average molecular weight is 494 g/mol. The standard InChI is InChI=1S/C24H24ClN7O3/c25-19-6-3-17(28-23(33)15-1-4-18(5-2-15)31-7-9-35-10-8-31)11-20(19)32-14-16-13-27-21(12-26)29-22(16)30-24(32)34/h1-6,11,13H,7-10,12,14,26H2,(H,28,33)(H,27,29,30,34). The lowest BCUT2D eigenvalue weighted by atomic mass is 10.1. The van der Waals surface area contributed by atoms with Crippen LogP contribution in [0.15, 0.2) is 48.7 Å². The molecule has 4 N–H and O–H groups in total. The lowest BCUT2D eigenvalue weighted by molar-refractivity contribution is 0.102. The minimum absolute atomic E-state index is 0.177. The number of nitrogens with one attached hydrogen (secondary N) is 2. The molecule has 11 heteroatoms. The molecule has 0 saturated carbocycles. The molecular formula is C24H24ClN7O3. The monoisotopic (exact) mass is 493 g/mol. The molecule has 0 bridgehead atoms. The fraction of sp³-hybridized carbons (Fsp3) is 0.250. The molecule has 0 atom stereocenters. The van der Waals surface area contributed by atoms with Gasteiger partial charge in [-0.2, -0.15) is 0 Å². The molecule has 3 amide bonds. The molecule has 0 aliphatic carbocycles. The van der Waals surface area contributed by atoms with Gasteiger partial charge < -0.3 is 20.7 Å². The van der Waals surface area contributed by atoms with Gasteiger partial charge in [-0.1, -0.05) is 11.6 Å². The number of benzene rings is 2. The van der Waals surface area contributed by atoms with Crippen molar-refractivity contribution in [2.45, 2.75) is 13.1 Å². The number of rotatable bonds is 5. The third kappa shape index (κ3) is 4.90. The van der Waals surface area contributed by atoms with Crippen LogP contribution in [0, 0.1) is 0 Å². The van der Waals surface area contributed by atoms with Crippen LogP contribution in [-0.4, -0.2) is 48.2 Å². The molecule has 3 aromatic rings. The number of nitrogens with two attached hydrogens (primary N) is 1. The van der Waals surface area contributed by atoms with Gasteiger partial charge in [0.05, 0.1) is 37.0 Å². The fourth-order valence-corrected chi connectivity index (χ4v) is 4.24. The maximum Gasteiger partial charge on any atom is 0.327 e. The molecule has 35 heavy (non-hydrogen) atoms. The Hall–Kier alpha value is -3.73. The number of urea groups is 1. The molecule has 1 aromatic heterocycles. The van der Waals surface area contributed by atoms with Crippen molar-refractivity contribution >= 4 is 46.4 Å². The molecule has 2 aliphatic rings. The summed E-state index contributed by atoms with van der Waals surface area (Å²) in [5.74, 6) is 0.615. The van der Waals surface area contributed by atoms with Crippen molar-refractivity contribution in [2.24, 2.45) is 5.73 Å². The van der Waals surface area contributed by atoms with Crippen molar-refractivity contribution in [3.8, 4) is 0 Å². The zero-order valence-electron chi connectivity index (χ0n) is 18.8. The Kier molecular flexibility index (Phi) is 6.49. The van der Waals surface area contributed by atoms with Gasteiger partial charge in [-0.25, -0.2) is 14.8 Å². The van der Waals surface area contributed by atoms with Gasteiger partial charge in [0.15, 0.2) is 0 Å². The summed E-state index contributed by atoms with van der Waals surface area (Å²) in [5.41, 5.74) is 8.87. The van der Waals surface area contributed by atoms with Crippen molar-refractivity contribution in [1.29, 1.82) is 0 Å². The van der Waals surface area contributed by atoms with E-state index in [1.165, 1.54) is 4.90 Å². The minimum Gasteiger partial charge on any atom is -0.378 e. The van der Waals surface area contributed by atoms with Gasteiger partial charge in [0, 0.05) is 41.8 Å². The molecular weight excluding hydrogens is 470 g/mol. The molecule has 2 aliphatic heterocycles. The van der Waals surface area contributed by atoms with Crippen LogP contribution < -0.4 is 26.2 Å². The molecule has 3 heterocycles. The summed E-state index contributed by atoms with van der Waals surface area (Å²) < 4.78 is 5.39. The number of hydrogen-bond acceptors (Lipinski definition) is 7. The lowest BCUT2D eigenvalue weighted by Gasteiger charge is -2.29. The van der Waals surface area contributed by atoms with E-state index in [-0.39, 0.29) is 25.0 Å². The Morgan fingerprint density at radius 2 is 1.94 bits per heavy atom. The van der Waals surface area contributed by atoms with Gasteiger partial charge in [-0.05, 0) is 42.5 Å². The predicted molar refractivity (Wildman–Crippen MR) is 134 cm³/mol. The van der Waals surface area contributed by atoms with E-state index in [4.69, 9.17) is 22.1 Å². The number of nitrogens with zero attached hydrogens (tertiary/aromatic N) is 4. The van der Waals surface area contributed by atoms with E-state index in [2.05, 4.69) is 25.5 Å². The maximum atomic E-state index is 12.9. The second kappa shape index (κ2) is 9.87. The zero-order chi connectivity index (χ0) is 24.4. The highest BCUT2D eigenvalue weighted by Crippen LogP contribution is 2.33. The van der Waals surface area contributed by atoms with Crippen molar-refractivity contribution in [3.63, 3.8) is 0 Å². The number of anilines is 4. The van der Waals surface area contributed by atoms with Crippen molar-refractivity contribution in [1.82, 2.24) is 9.97 Å². The Morgan fingerprint density at radius 3 is 2.69 bits per heavy atom. The van der Waals surface area contributed by atoms with Crippen LogP contribution in [0.1, 0.15) is 21.7 Å². The largest absolute Gasteiger partial charge is 0.378 e. The summed E-state index contributed by atoms with van der Waals surface area (Å²) in [6.45, 7) is 3.46. The van der Waals surface area contributed by atoms with E-state index in [1.54, 1.807) is 36.5 Å². The Morgan fingerprint density at radius 1 is 1.17 bits per heavy atom. The number of carbonyl (C=O) groups is 2. The summed E-state index contributed by atoms with van der Waals surface area (Å²) in [6, 6.07) is 12.1. The molecule has 0 unspecified atom stereocenters. The molecule has 1 fully saturated rings. The molecule has 2 aromatic carbocycles. The molecule has 1 saturated heterocycles. The number of morpholine rings is 1. The summed E-state index contributed by atoms with van der Waals surface area (Å²) in [7, 11) is 0. The third-order valence-corrected chi connectivity index (χ3v) is 6.22. The second-order valence-electron chi connectivity index (χ2n) is 8.15. The third-order valence-electron chi connectivity index (χ3n) is 5.90. The number of ether oxygens (including phenoxy) is 1. The van der Waals surface area contributed by atoms with Crippen LogP contribution in [0.2, 0.25) is 5.02 Å². The normalized spacial score (nSPS) is 15.4. The van der Waals surface area contributed by atoms with Crippen molar-refractivity contribution in [2.75, 3.05) is 46.7 Å². The molecule has 0 radical (unpaired) electrons.